The number of hydrogen-bond donors (Lipinski definition) is 2. The summed E-state index contributed by atoms with van der Waals surface area (Å²) in [4.78, 5) is 24.8. The van der Waals surface area contributed by atoms with Gasteiger partial charge in [-0.15, -0.1) is 0 Å². The Morgan fingerprint density at radius 3 is 1.87 bits per heavy atom. The highest BCUT2D eigenvalue weighted by molar-refractivity contribution is 5.94. The first-order valence-electron chi connectivity index (χ1n) is 14.3. The molecule has 0 fully saturated rings. The standard InChI is InChI=1S/C30H51NO8/c1-7-8-9-10-11-15-29(33)31-28-14-12-13-27(16-28)30(34)39-26(6)21-38-25(5)20-37-24(4)19-36-23(3)18-35-22(2)17-32/h12-14,16,22-26,32H,7-11,15,17-21H2,1-6H3,(H,31,33). The number of aliphatic hydroxyl groups excluding tert-OH is 1. The van der Waals surface area contributed by atoms with Crippen molar-refractivity contribution in [3.63, 3.8) is 0 Å². The number of carbonyl (C=O) groups is 2. The molecule has 2 N–H and O–H groups in total. The lowest BCUT2D eigenvalue weighted by Gasteiger charge is -2.21. The van der Waals surface area contributed by atoms with Crippen molar-refractivity contribution in [3.05, 3.63) is 29.8 Å². The van der Waals surface area contributed by atoms with E-state index >= 15 is 0 Å². The molecule has 9 heteroatoms. The molecule has 5 atom stereocenters. The van der Waals surface area contributed by atoms with Crippen LogP contribution in [0.15, 0.2) is 24.3 Å². The van der Waals surface area contributed by atoms with Gasteiger partial charge in [0.15, 0.2) is 0 Å². The molecule has 9 nitrogen and oxygen atoms in total. The largest absolute Gasteiger partial charge is 0.457 e. The number of nitrogens with one attached hydrogen (secondary N) is 1. The summed E-state index contributed by atoms with van der Waals surface area (Å²) in [6, 6.07) is 6.78. The fourth-order valence-electron chi connectivity index (χ4n) is 3.52. The van der Waals surface area contributed by atoms with E-state index < -0.39 is 12.1 Å². The monoisotopic (exact) mass is 553 g/mol. The Balaban J connectivity index is 2.30. The van der Waals surface area contributed by atoms with Gasteiger partial charge >= 0.3 is 5.97 Å². The van der Waals surface area contributed by atoms with E-state index in [1.807, 2.05) is 20.8 Å². The van der Waals surface area contributed by atoms with E-state index in [0.717, 1.165) is 19.3 Å². The molecule has 1 amide bonds. The fraction of sp³-hybridized carbons (Fsp3) is 0.733. The van der Waals surface area contributed by atoms with Crippen LogP contribution in [0.1, 0.15) is 90.4 Å². The first-order valence-corrected chi connectivity index (χ1v) is 14.3. The topological polar surface area (TPSA) is 113 Å². The van der Waals surface area contributed by atoms with E-state index in [9.17, 15) is 9.59 Å². The lowest BCUT2D eigenvalue weighted by molar-refractivity contribution is -0.116. The van der Waals surface area contributed by atoms with Crippen molar-refractivity contribution < 1.29 is 38.4 Å². The Hall–Kier alpha value is -2.04. The summed E-state index contributed by atoms with van der Waals surface area (Å²) >= 11 is 0. The molecule has 0 saturated carbocycles. The smallest absolute Gasteiger partial charge is 0.338 e. The third kappa shape index (κ3) is 17.3. The van der Waals surface area contributed by atoms with Crippen molar-refractivity contribution >= 4 is 17.6 Å². The molecule has 1 rings (SSSR count). The van der Waals surface area contributed by atoms with Crippen molar-refractivity contribution in [2.24, 2.45) is 0 Å². The number of amides is 1. The number of rotatable bonds is 22. The van der Waals surface area contributed by atoms with E-state index in [2.05, 4.69) is 12.2 Å². The Kier molecular flexibility index (Phi) is 18.7. The Bertz CT molecular complexity index is 805. The van der Waals surface area contributed by atoms with Crippen LogP contribution in [0.3, 0.4) is 0 Å². The maximum absolute atomic E-state index is 12.6. The molecule has 0 aromatic heterocycles. The lowest BCUT2D eigenvalue weighted by atomic mass is 10.1. The fourth-order valence-corrected chi connectivity index (χ4v) is 3.52. The third-order valence-electron chi connectivity index (χ3n) is 5.92. The number of anilines is 1. The molecule has 0 saturated heterocycles. The number of hydrogen-bond acceptors (Lipinski definition) is 8. The Morgan fingerprint density at radius 2 is 1.31 bits per heavy atom. The molecule has 0 aliphatic heterocycles. The number of aliphatic hydroxyl groups is 1. The van der Waals surface area contributed by atoms with Crippen LogP contribution >= 0.6 is 0 Å². The quantitative estimate of drug-likeness (QED) is 0.150. The molecule has 0 heterocycles. The van der Waals surface area contributed by atoms with E-state index in [-0.39, 0.29) is 43.5 Å². The van der Waals surface area contributed by atoms with Crippen LogP contribution in [0.25, 0.3) is 0 Å². The molecule has 5 unspecified atom stereocenters. The third-order valence-corrected chi connectivity index (χ3v) is 5.92. The number of benzene rings is 1. The number of carbonyl (C=O) groups excluding carboxylic acids is 2. The molecule has 39 heavy (non-hydrogen) atoms. The van der Waals surface area contributed by atoms with Crippen molar-refractivity contribution in [2.75, 3.05) is 38.4 Å². The van der Waals surface area contributed by atoms with Gasteiger partial charge < -0.3 is 34.1 Å². The number of esters is 1. The van der Waals surface area contributed by atoms with Gasteiger partial charge in [-0.25, -0.2) is 4.79 Å². The SMILES string of the molecule is CCCCCCCC(=O)Nc1cccc(C(=O)OC(C)COC(C)COC(C)COC(C)COC(C)CO)c1. The highest BCUT2D eigenvalue weighted by Gasteiger charge is 2.16. The summed E-state index contributed by atoms with van der Waals surface area (Å²) in [7, 11) is 0. The first kappa shape index (κ1) is 35.0. The molecule has 0 aliphatic rings. The van der Waals surface area contributed by atoms with Crippen LogP contribution in [0.2, 0.25) is 0 Å². The molecule has 1 aromatic carbocycles. The minimum absolute atomic E-state index is 0.0197. The highest BCUT2D eigenvalue weighted by atomic mass is 16.6. The average molecular weight is 554 g/mol. The molecule has 0 aliphatic carbocycles. The van der Waals surface area contributed by atoms with Gasteiger partial charge in [0.05, 0.1) is 63.0 Å². The lowest BCUT2D eigenvalue weighted by Crippen LogP contribution is -2.29. The van der Waals surface area contributed by atoms with Gasteiger partial charge in [-0.3, -0.25) is 4.79 Å². The van der Waals surface area contributed by atoms with Crippen molar-refractivity contribution in [1.82, 2.24) is 0 Å². The molecule has 0 spiro atoms. The average Bonchev–Trinajstić information content (AvgIpc) is 2.92. The predicted octanol–water partition coefficient (Wildman–Crippen LogP) is 5.14. The van der Waals surface area contributed by atoms with Crippen molar-refractivity contribution in [1.29, 1.82) is 0 Å². The van der Waals surface area contributed by atoms with Gasteiger partial charge in [-0.1, -0.05) is 38.7 Å². The van der Waals surface area contributed by atoms with E-state index in [0.29, 0.717) is 37.5 Å². The van der Waals surface area contributed by atoms with Crippen LogP contribution in [0, 0.1) is 0 Å². The van der Waals surface area contributed by atoms with Gasteiger partial charge in [0, 0.05) is 12.1 Å². The maximum atomic E-state index is 12.6. The molecular formula is C30H51NO8. The van der Waals surface area contributed by atoms with Crippen LogP contribution in [0.5, 0.6) is 0 Å². The Morgan fingerprint density at radius 1 is 0.769 bits per heavy atom. The molecular weight excluding hydrogens is 502 g/mol. The van der Waals surface area contributed by atoms with Crippen molar-refractivity contribution in [3.8, 4) is 0 Å². The predicted molar refractivity (Wildman–Crippen MR) is 152 cm³/mol. The summed E-state index contributed by atoms with van der Waals surface area (Å²) < 4.78 is 28.3. The highest BCUT2D eigenvalue weighted by Crippen LogP contribution is 2.14. The van der Waals surface area contributed by atoms with Crippen LogP contribution in [-0.4, -0.2) is 80.5 Å². The minimum Gasteiger partial charge on any atom is -0.457 e. The summed E-state index contributed by atoms with van der Waals surface area (Å²) in [6.07, 6.45) is 4.81. The van der Waals surface area contributed by atoms with Crippen molar-refractivity contribution in [2.45, 2.75) is 111 Å². The minimum atomic E-state index is -0.470. The molecule has 0 radical (unpaired) electrons. The van der Waals surface area contributed by atoms with Gasteiger partial charge in [-0.2, -0.15) is 0 Å². The maximum Gasteiger partial charge on any atom is 0.338 e. The summed E-state index contributed by atoms with van der Waals surface area (Å²) in [5, 5.41) is 11.9. The second kappa shape index (κ2) is 20.8. The van der Waals surface area contributed by atoms with Gasteiger partial charge in [0.2, 0.25) is 5.91 Å². The number of unbranched alkanes of at least 4 members (excludes halogenated alkanes) is 4. The van der Waals surface area contributed by atoms with E-state index in [4.69, 9.17) is 28.8 Å². The van der Waals surface area contributed by atoms with E-state index in [1.165, 1.54) is 12.8 Å². The first-order chi connectivity index (χ1) is 18.6. The zero-order chi connectivity index (χ0) is 29.0. The molecule has 1 aromatic rings. The second-order valence-corrected chi connectivity index (χ2v) is 10.3. The number of ether oxygens (including phenoxy) is 5. The van der Waals surface area contributed by atoms with Gasteiger partial charge in [-0.05, 0) is 59.2 Å². The van der Waals surface area contributed by atoms with Crippen LogP contribution in [-0.2, 0) is 28.5 Å². The summed E-state index contributed by atoms with van der Waals surface area (Å²) in [5.41, 5.74) is 0.954. The summed E-state index contributed by atoms with van der Waals surface area (Å²) in [5.74, 6) is -0.519. The summed E-state index contributed by atoms with van der Waals surface area (Å²) in [6.45, 7) is 12.9. The van der Waals surface area contributed by atoms with Gasteiger partial charge in [0.25, 0.3) is 0 Å². The van der Waals surface area contributed by atoms with Gasteiger partial charge in [0.1, 0.15) is 6.10 Å². The molecule has 224 valence electrons. The zero-order valence-corrected chi connectivity index (χ0v) is 24.8. The normalized spacial score (nSPS) is 15.3. The van der Waals surface area contributed by atoms with Crippen LogP contribution < -0.4 is 5.32 Å². The Labute approximate surface area is 234 Å². The second-order valence-electron chi connectivity index (χ2n) is 10.3. The van der Waals surface area contributed by atoms with E-state index in [1.54, 1.807) is 38.1 Å². The zero-order valence-electron chi connectivity index (χ0n) is 24.8. The van der Waals surface area contributed by atoms with Crippen LogP contribution in [0.4, 0.5) is 5.69 Å². The molecule has 0 bridgehead atoms.